The van der Waals surface area contributed by atoms with Gasteiger partial charge in [-0.25, -0.2) is 0 Å². The Morgan fingerprint density at radius 1 is 1.04 bits per heavy atom. The number of anilines is 1. The molecule has 2 aromatic rings. The van der Waals surface area contributed by atoms with E-state index in [1.807, 2.05) is 41.3 Å². The minimum Gasteiger partial charge on any atom is -0.310 e. The molecule has 126 valence electrons. The lowest BCUT2D eigenvalue weighted by Crippen LogP contribution is -2.46. The average Bonchev–Trinajstić information content (AvgIpc) is 2.84. The predicted molar refractivity (Wildman–Crippen MR) is 99.0 cm³/mol. The predicted octanol–water partition coefficient (Wildman–Crippen LogP) is 4.12. The van der Waals surface area contributed by atoms with Gasteiger partial charge in [-0.2, -0.15) is 0 Å². The number of carbonyl (C=O) groups excluding carboxylic acids is 1. The molecule has 0 bridgehead atoms. The van der Waals surface area contributed by atoms with Crippen LogP contribution in [0.2, 0.25) is 0 Å². The molecular weight excluding hydrogens is 296 g/mol. The summed E-state index contributed by atoms with van der Waals surface area (Å²) < 4.78 is 0. The van der Waals surface area contributed by atoms with E-state index in [0.29, 0.717) is 0 Å². The van der Waals surface area contributed by atoms with E-state index in [-0.39, 0.29) is 23.4 Å². The summed E-state index contributed by atoms with van der Waals surface area (Å²) in [5.74, 6) is 0.191. The van der Waals surface area contributed by atoms with E-state index in [4.69, 9.17) is 0 Å². The Morgan fingerprint density at radius 3 is 2.17 bits per heavy atom. The van der Waals surface area contributed by atoms with Gasteiger partial charge in [0.2, 0.25) is 5.91 Å². The number of rotatable bonds is 4. The van der Waals surface area contributed by atoms with Crippen LogP contribution in [0.25, 0.3) is 0 Å². The summed E-state index contributed by atoms with van der Waals surface area (Å²) in [6.07, 6.45) is 0. The first kappa shape index (κ1) is 16.7. The molecule has 0 spiro atoms. The van der Waals surface area contributed by atoms with Gasteiger partial charge in [0.25, 0.3) is 0 Å². The number of hydrogen-bond donors (Lipinski definition) is 0. The first-order valence-electron chi connectivity index (χ1n) is 8.55. The van der Waals surface area contributed by atoms with E-state index in [2.05, 4.69) is 57.0 Å². The number of nitrogens with zero attached hydrogens (tertiary/aromatic N) is 2. The summed E-state index contributed by atoms with van der Waals surface area (Å²) in [4.78, 5) is 17.3. The van der Waals surface area contributed by atoms with E-state index in [1.54, 1.807) is 0 Å². The molecule has 0 unspecified atom stereocenters. The number of carbonyl (C=O) groups is 1. The summed E-state index contributed by atoms with van der Waals surface area (Å²) >= 11 is 0. The van der Waals surface area contributed by atoms with E-state index < -0.39 is 0 Å². The number of amides is 1. The number of likely N-dealkylation sites (N-methyl/N-ethyl adjacent to an activating group) is 1. The average molecular weight is 322 g/mol. The summed E-state index contributed by atoms with van der Waals surface area (Å²) in [6.45, 7) is 7.29. The molecule has 3 rings (SSSR count). The molecule has 3 nitrogen and oxygen atoms in total. The van der Waals surface area contributed by atoms with Gasteiger partial charge >= 0.3 is 0 Å². The molecule has 1 amide bonds. The molecule has 1 saturated heterocycles. The fraction of sp³-hybridized carbons (Fsp3) is 0.381. The lowest BCUT2D eigenvalue weighted by atomic mass is 9.85. The molecule has 3 heteroatoms. The van der Waals surface area contributed by atoms with Crippen LogP contribution in [0.4, 0.5) is 5.69 Å². The standard InChI is InChI=1S/C21H26N2O/c1-16(17-11-7-5-8-12-17)22(4)19-20(24)23(15-21(19,2)3)18-13-9-6-10-14-18/h5-14,16,19H,15H2,1-4H3/t16-,19-/m1/s1. The monoisotopic (exact) mass is 322 g/mol. The van der Waals surface area contributed by atoms with E-state index in [9.17, 15) is 4.79 Å². The van der Waals surface area contributed by atoms with Gasteiger partial charge in [0.1, 0.15) is 0 Å². The van der Waals surface area contributed by atoms with Crippen LogP contribution in [0.5, 0.6) is 0 Å². The second-order valence-electron chi connectivity index (χ2n) is 7.40. The van der Waals surface area contributed by atoms with E-state index in [1.165, 1.54) is 5.56 Å². The Bertz CT molecular complexity index is 696. The zero-order valence-corrected chi connectivity index (χ0v) is 14.9. The maximum absolute atomic E-state index is 13.2. The second-order valence-corrected chi connectivity index (χ2v) is 7.40. The van der Waals surface area contributed by atoms with Crippen LogP contribution in [0.3, 0.4) is 0 Å². The van der Waals surface area contributed by atoms with Crippen molar-refractivity contribution in [3.63, 3.8) is 0 Å². The molecule has 0 aromatic heterocycles. The molecule has 24 heavy (non-hydrogen) atoms. The minimum atomic E-state index is -0.132. The largest absolute Gasteiger partial charge is 0.310 e. The number of hydrogen-bond acceptors (Lipinski definition) is 2. The highest BCUT2D eigenvalue weighted by atomic mass is 16.2. The highest BCUT2D eigenvalue weighted by Gasteiger charge is 2.49. The first-order chi connectivity index (χ1) is 11.4. The molecule has 0 saturated carbocycles. The molecular formula is C21H26N2O. The van der Waals surface area contributed by atoms with Crippen LogP contribution in [-0.4, -0.2) is 30.4 Å². The molecule has 2 aromatic carbocycles. The van der Waals surface area contributed by atoms with Gasteiger partial charge < -0.3 is 4.90 Å². The molecule has 1 heterocycles. The first-order valence-corrected chi connectivity index (χ1v) is 8.55. The molecule has 1 fully saturated rings. The Kier molecular flexibility index (Phi) is 4.46. The zero-order valence-electron chi connectivity index (χ0n) is 14.9. The fourth-order valence-corrected chi connectivity index (χ4v) is 3.80. The van der Waals surface area contributed by atoms with Crippen LogP contribution < -0.4 is 4.90 Å². The Hall–Kier alpha value is -2.13. The number of para-hydroxylation sites is 1. The van der Waals surface area contributed by atoms with Crippen molar-refractivity contribution in [1.29, 1.82) is 0 Å². The van der Waals surface area contributed by atoms with E-state index >= 15 is 0 Å². The van der Waals surface area contributed by atoms with Crippen molar-refractivity contribution in [2.24, 2.45) is 5.41 Å². The maximum atomic E-state index is 13.2. The van der Waals surface area contributed by atoms with Crippen LogP contribution in [0.1, 0.15) is 32.4 Å². The number of benzene rings is 2. The molecule has 1 aliphatic rings. The third kappa shape index (κ3) is 2.96. The maximum Gasteiger partial charge on any atom is 0.244 e. The van der Waals surface area contributed by atoms with Crippen molar-refractivity contribution in [3.05, 3.63) is 66.2 Å². The smallest absolute Gasteiger partial charge is 0.244 e. The Labute approximate surface area is 144 Å². The van der Waals surface area contributed by atoms with Crippen molar-refractivity contribution in [2.75, 3.05) is 18.5 Å². The highest BCUT2D eigenvalue weighted by molar-refractivity contribution is 6.00. The van der Waals surface area contributed by atoms with Gasteiger partial charge in [0, 0.05) is 23.7 Å². The highest BCUT2D eigenvalue weighted by Crippen LogP contribution is 2.39. The normalized spacial score (nSPS) is 21.3. The third-order valence-corrected chi connectivity index (χ3v) is 5.17. The van der Waals surface area contributed by atoms with Gasteiger partial charge in [0.05, 0.1) is 6.04 Å². The topological polar surface area (TPSA) is 23.6 Å². The summed E-state index contributed by atoms with van der Waals surface area (Å²) in [5.41, 5.74) is 2.12. The summed E-state index contributed by atoms with van der Waals surface area (Å²) in [7, 11) is 2.07. The minimum absolute atomic E-state index is 0.106. The molecule has 0 radical (unpaired) electrons. The summed E-state index contributed by atoms with van der Waals surface area (Å²) in [6, 6.07) is 20.4. The fourth-order valence-electron chi connectivity index (χ4n) is 3.80. The summed E-state index contributed by atoms with van der Waals surface area (Å²) in [5, 5.41) is 0. The van der Waals surface area contributed by atoms with E-state index in [0.717, 1.165) is 12.2 Å². The SMILES string of the molecule is C[C@H](c1ccccc1)N(C)[C@@H]1C(=O)N(c2ccccc2)CC1(C)C. The van der Waals surface area contributed by atoms with Gasteiger partial charge in [-0.05, 0) is 31.7 Å². The van der Waals surface area contributed by atoms with Crippen molar-refractivity contribution < 1.29 is 4.79 Å². The zero-order chi connectivity index (χ0) is 17.3. The third-order valence-electron chi connectivity index (χ3n) is 5.17. The quantitative estimate of drug-likeness (QED) is 0.845. The van der Waals surface area contributed by atoms with Crippen molar-refractivity contribution in [2.45, 2.75) is 32.9 Å². The van der Waals surface area contributed by atoms with Crippen LogP contribution in [-0.2, 0) is 4.79 Å². The van der Waals surface area contributed by atoms with Crippen molar-refractivity contribution >= 4 is 11.6 Å². The van der Waals surface area contributed by atoms with Gasteiger partial charge in [-0.3, -0.25) is 9.69 Å². The van der Waals surface area contributed by atoms with Gasteiger partial charge in [-0.1, -0.05) is 62.4 Å². The lowest BCUT2D eigenvalue weighted by Gasteiger charge is -2.36. The van der Waals surface area contributed by atoms with Gasteiger partial charge in [0.15, 0.2) is 0 Å². The Balaban J connectivity index is 1.88. The van der Waals surface area contributed by atoms with Crippen LogP contribution >= 0.6 is 0 Å². The lowest BCUT2D eigenvalue weighted by molar-refractivity contribution is -0.123. The molecule has 0 aliphatic carbocycles. The molecule has 1 aliphatic heterocycles. The second kappa shape index (κ2) is 6.40. The molecule has 0 N–H and O–H groups in total. The van der Waals surface area contributed by atoms with Gasteiger partial charge in [-0.15, -0.1) is 0 Å². The van der Waals surface area contributed by atoms with Crippen molar-refractivity contribution in [3.8, 4) is 0 Å². The van der Waals surface area contributed by atoms with Crippen molar-refractivity contribution in [1.82, 2.24) is 4.90 Å². The molecule has 2 atom stereocenters. The van der Waals surface area contributed by atoms with Crippen LogP contribution in [0.15, 0.2) is 60.7 Å². The van der Waals surface area contributed by atoms with Crippen LogP contribution in [0, 0.1) is 5.41 Å². The Morgan fingerprint density at radius 2 is 1.58 bits per heavy atom.